The highest BCUT2D eigenvalue weighted by atomic mass is 16.2. The van der Waals surface area contributed by atoms with Crippen LogP contribution in [0.1, 0.15) is 36.0 Å². The van der Waals surface area contributed by atoms with Crippen molar-refractivity contribution in [1.82, 2.24) is 20.0 Å². The molecule has 0 bridgehead atoms. The summed E-state index contributed by atoms with van der Waals surface area (Å²) in [5.41, 5.74) is 0.628. The number of nitrogens with zero attached hydrogens (tertiary/aromatic N) is 3. The van der Waals surface area contributed by atoms with Gasteiger partial charge in [-0.3, -0.25) is 19.3 Å². The molecule has 2 fully saturated rings. The van der Waals surface area contributed by atoms with Crippen molar-refractivity contribution in [3.8, 4) is 0 Å². The van der Waals surface area contributed by atoms with Crippen LogP contribution in [-0.2, 0) is 9.59 Å². The van der Waals surface area contributed by atoms with Crippen molar-refractivity contribution in [2.24, 2.45) is 5.92 Å². The van der Waals surface area contributed by atoms with Crippen LogP contribution in [0, 0.1) is 5.92 Å². The number of hydrogen-bond acceptors (Lipinski definition) is 4. The molecule has 0 aromatic heterocycles. The first-order valence-electron chi connectivity index (χ1n) is 11.3. The van der Waals surface area contributed by atoms with Crippen molar-refractivity contribution in [2.45, 2.75) is 25.7 Å². The van der Waals surface area contributed by atoms with Crippen LogP contribution in [-0.4, -0.2) is 84.8 Å². The molecule has 1 N–H and O–H groups in total. The predicted octanol–water partition coefficient (Wildman–Crippen LogP) is 1.77. The van der Waals surface area contributed by atoms with Gasteiger partial charge in [-0.25, -0.2) is 0 Å². The number of carbonyl (C=O) groups excluding carboxylic acids is 3. The third-order valence-electron chi connectivity index (χ3n) is 6.13. The number of benzene rings is 1. The van der Waals surface area contributed by atoms with E-state index < -0.39 is 0 Å². The minimum absolute atomic E-state index is 0.0612. The van der Waals surface area contributed by atoms with Crippen LogP contribution < -0.4 is 5.32 Å². The van der Waals surface area contributed by atoms with E-state index in [4.69, 9.17) is 0 Å². The Morgan fingerprint density at radius 2 is 1.74 bits per heavy atom. The Morgan fingerprint density at radius 3 is 2.45 bits per heavy atom. The Balaban J connectivity index is 1.61. The van der Waals surface area contributed by atoms with E-state index in [9.17, 15) is 14.4 Å². The Hall–Kier alpha value is -2.67. The molecule has 2 aliphatic heterocycles. The van der Waals surface area contributed by atoms with Crippen LogP contribution in [0.5, 0.6) is 0 Å². The van der Waals surface area contributed by atoms with Crippen LogP contribution in [0.25, 0.3) is 0 Å². The van der Waals surface area contributed by atoms with E-state index in [-0.39, 0.29) is 30.1 Å². The van der Waals surface area contributed by atoms with Gasteiger partial charge >= 0.3 is 0 Å². The molecule has 2 saturated heterocycles. The van der Waals surface area contributed by atoms with Crippen molar-refractivity contribution in [1.29, 1.82) is 0 Å². The smallest absolute Gasteiger partial charge is 0.253 e. The minimum atomic E-state index is -0.127. The highest BCUT2D eigenvalue weighted by Crippen LogP contribution is 2.18. The molecule has 1 unspecified atom stereocenters. The maximum absolute atomic E-state index is 13.2. The van der Waals surface area contributed by atoms with E-state index in [0.717, 1.165) is 45.6 Å². The van der Waals surface area contributed by atoms with Gasteiger partial charge in [0.1, 0.15) is 0 Å². The van der Waals surface area contributed by atoms with Crippen LogP contribution in [0.15, 0.2) is 43.0 Å². The van der Waals surface area contributed by atoms with E-state index >= 15 is 0 Å². The molecule has 7 nitrogen and oxygen atoms in total. The normalized spacial score (nSPS) is 21.7. The average molecular weight is 427 g/mol. The molecule has 168 valence electrons. The average Bonchev–Trinajstić information content (AvgIpc) is 2.84. The Bertz CT molecular complexity index is 759. The summed E-state index contributed by atoms with van der Waals surface area (Å²) in [5, 5.41) is 2.92. The second-order valence-electron chi connectivity index (χ2n) is 8.30. The van der Waals surface area contributed by atoms with Gasteiger partial charge in [0.2, 0.25) is 11.8 Å². The lowest BCUT2D eigenvalue weighted by atomic mass is 9.97. The van der Waals surface area contributed by atoms with Crippen LogP contribution in [0.2, 0.25) is 0 Å². The molecule has 0 spiro atoms. The first kappa shape index (κ1) is 23.0. The standard InChI is InChI=1S/C24H34N4O3/c1-2-13-26-16-18-28(19-17-26)24(31)21-9-6-14-27(15-11-22(29)25-12-10-21)23(30)20-7-4-3-5-8-20/h2-5,7-8,21H,1,6,9-19H2,(H,25,29). The van der Waals surface area contributed by atoms with Crippen molar-refractivity contribution in [3.63, 3.8) is 0 Å². The number of hydrogen-bond donors (Lipinski definition) is 1. The summed E-state index contributed by atoms with van der Waals surface area (Å²) >= 11 is 0. The molecule has 3 amide bonds. The fourth-order valence-corrected chi connectivity index (χ4v) is 4.30. The Kier molecular flexibility index (Phi) is 8.64. The van der Waals surface area contributed by atoms with Gasteiger partial charge in [0.05, 0.1) is 0 Å². The third kappa shape index (κ3) is 6.66. The van der Waals surface area contributed by atoms with E-state index in [1.54, 1.807) is 17.0 Å². The van der Waals surface area contributed by atoms with Gasteiger partial charge in [0, 0.05) is 70.3 Å². The molecule has 1 aromatic rings. The number of nitrogens with one attached hydrogen (secondary N) is 1. The lowest BCUT2D eigenvalue weighted by Crippen LogP contribution is -2.50. The zero-order chi connectivity index (χ0) is 22.1. The molecule has 2 heterocycles. The zero-order valence-corrected chi connectivity index (χ0v) is 18.3. The van der Waals surface area contributed by atoms with Crippen LogP contribution in [0.3, 0.4) is 0 Å². The third-order valence-corrected chi connectivity index (χ3v) is 6.13. The van der Waals surface area contributed by atoms with Crippen molar-refractivity contribution < 1.29 is 14.4 Å². The van der Waals surface area contributed by atoms with E-state index in [1.807, 2.05) is 29.2 Å². The largest absolute Gasteiger partial charge is 0.356 e. The number of rotatable bonds is 4. The molecule has 0 aliphatic carbocycles. The summed E-state index contributed by atoms with van der Waals surface area (Å²) < 4.78 is 0. The number of carbonyl (C=O) groups is 3. The van der Waals surface area contributed by atoms with Crippen LogP contribution >= 0.6 is 0 Å². The van der Waals surface area contributed by atoms with Crippen molar-refractivity contribution in [3.05, 3.63) is 48.6 Å². The Morgan fingerprint density at radius 1 is 1.00 bits per heavy atom. The molecule has 31 heavy (non-hydrogen) atoms. The second kappa shape index (κ2) is 11.6. The van der Waals surface area contributed by atoms with E-state index in [1.165, 1.54) is 0 Å². The summed E-state index contributed by atoms with van der Waals surface area (Å²) in [6, 6.07) is 9.16. The molecule has 0 radical (unpaired) electrons. The fraction of sp³-hybridized carbons (Fsp3) is 0.542. The molecule has 7 heteroatoms. The minimum Gasteiger partial charge on any atom is -0.356 e. The molecule has 0 saturated carbocycles. The SMILES string of the molecule is C=CCN1CCN(C(=O)C2CCCN(C(=O)c3ccccc3)CCC(=O)NCC2)CC1. The van der Waals surface area contributed by atoms with Crippen molar-refractivity contribution in [2.75, 3.05) is 52.4 Å². The summed E-state index contributed by atoms with van der Waals surface area (Å²) in [6.07, 6.45) is 4.29. The lowest BCUT2D eigenvalue weighted by Gasteiger charge is -2.36. The monoisotopic (exact) mass is 426 g/mol. The highest BCUT2D eigenvalue weighted by molar-refractivity contribution is 5.94. The molecule has 2 aliphatic rings. The molecule has 1 atom stereocenters. The Labute approximate surface area is 185 Å². The predicted molar refractivity (Wildman–Crippen MR) is 121 cm³/mol. The second-order valence-corrected chi connectivity index (χ2v) is 8.30. The quantitative estimate of drug-likeness (QED) is 0.745. The van der Waals surface area contributed by atoms with E-state index in [0.29, 0.717) is 31.6 Å². The summed E-state index contributed by atoms with van der Waals surface area (Å²) in [7, 11) is 0. The fourth-order valence-electron chi connectivity index (χ4n) is 4.30. The number of amides is 3. The first-order chi connectivity index (χ1) is 15.1. The van der Waals surface area contributed by atoms with Gasteiger partial charge < -0.3 is 15.1 Å². The summed E-state index contributed by atoms with van der Waals surface area (Å²) in [5.74, 6) is -0.0865. The lowest BCUT2D eigenvalue weighted by molar-refractivity contribution is -0.138. The van der Waals surface area contributed by atoms with Gasteiger partial charge in [-0.2, -0.15) is 0 Å². The molecular formula is C24H34N4O3. The maximum Gasteiger partial charge on any atom is 0.253 e. The summed E-state index contributed by atoms with van der Waals surface area (Å²) in [6.45, 7) is 9.26. The number of piperazine rings is 1. The molecular weight excluding hydrogens is 392 g/mol. The van der Waals surface area contributed by atoms with Gasteiger partial charge in [-0.1, -0.05) is 24.3 Å². The summed E-state index contributed by atoms with van der Waals surface area (Å²) in [4.78, 5) is 44.3. The van der Waals surface area contributed by atoms with Crippen LogP contribution in [0.4, 0.5) is 0 Å². The zero-order valence-electron chi connectivity index (χ0n) is 18.3. The van der Waals surface area contributed by atoms with E-state index in [2.05, 4.69) is 16.8 Å². The molecule has 1 aromatic carbocycles. The van der Waals surface area contributed by atoms with Gasteiger partial charge in [0.15, 0.2) is 0 Å². The topological polar surface area (TPSA) is 73.0 Å². The van der Waals surface area contributed by atoms with Gasteiger partial charge in [0.25, 0.3) is 5.91 Å². The molecule has 3 rings (SSSR count). The highest BCUT2D eigenvalue weighted by Gasteiger charge is 2.28. The van der Waals surface area contributed by atoms with Gasteiger partial charge in [-0.05, 0) is 31.4 Å². The van der Waals surface area contributed by atoms with Gasteiger partial charge in [-0.15, -0.1) is 6.58 Å². The van der Waals surface area contributed by atoms with Crippen molar-refractivity contribution >= 4 is 17.7 Å². The first-order valence-corrected chi connectivity index (χ1v) is 11.3. The maximum atomic E-state index is 13.2.